The fraction of sp³-hybridized carbons (Fsp3) is 0.529. The van der Waals surface area contributed by atoms with Crippen molar-refractivity contribution in [2.24, 2.45) is 5.10 Å². The molecule has 0 aliphatic carbocycles. The smallest absolute Gasteiger partial charge is 0.158 e. The molecule has 0 saturated carbocycles. The number of hydrogen-bond acceptors (Lipinski definition) is 3. The number of Topliss-reactive ketones (excluding diaryl/α,β-unsaturated/α-hetero) is 1. The van der Waals surface area contributed by atoms with E-state index in [1.54, 1.807) is 0 Å². The summed E-state index contributed by atoms with van der Waals surface area (Å²) in [6.07, 6.45) is 0.984. The van der Waals surface area contributed by atoms with Crippen LogP contribution < -0.4 is 0 Å². The summed E-state index contributed by atoms with van der Waals surface area (Å²) in [7, 11) is -3.17. The molecule has 0 heterocycles. The summed E-state index contributed by atoms with van der Waals surface area (Å²) in [5.41, 5.74) is 1.98. The maximum absolute atomic E-state index is 12.0. The lowest BCUT2D eigenvalue weighted by molar-refractivity contribution is -0.117. The monoisotopic (exact) mass is 334 g/mol. The van der Waals surface area contributed by atoms with Crippen LogP contribution in [0.5, 0.6) is 0 Å². The summed E-state index contributed by atoms with van der Waals surface area (Å²) in [6.45, 7) is 15.8. The average Bonchev–Trinajstić information content (AvgIpc) is 2.41. The van der Waals surface area contributed by atoms with E-state index in [1.165, 1.54) is 0 Å². The van der Waals surface area contributed by atoms with Crippen molar-refractivity contribution in [2.45, 2.75) is 59.0 Å². The molecule has 0 aromatic heterocycles. The molecule has 122 valence electrons. The van der Waals surface area contributed by atoms with E-state index in [9.17, 15) is 4.79 Å². The molecule has 0 radical (unpaired) electrons. The molecule has 1 aromatic rings. The van der Waals surface area contributed by atoms with Gasteiger partial charge in [0.25, 0.3) is 0 Å². The first-order valence-corrected chi connectivity index (χ1v) is 14.9. The van der Waals surface area contributed by atoms with E-state index < -0.39 is 16.5 Å². The highest BCUT2D eigenvalue weighted by Crippen LogP contribution is 2.22. The van der Waals surface area contributed by atoms with Gasteiger partial charge in [-0.25, -0.2) is 0 Å². The highest BCUT2D eigenvalue weighted by Gasteiger charge is 2.34. The summed E-state index contributed by atoms with van der Waals surface area (Å²) in [5, 5.41) is 5.03. The number of rotatable bonds is 7. The Kier molecular flexibility index (Phi) is 6.31. The van der Waals surface area contributed by atoms with Crippen LogP contribution in [0.3, 0.4) is 0 Å². The molecule has 0 spiro atoms. The first-order chi connectivity index (χ1) is 10.1. The van der Waals surface area contributed by atoms with Crippen LogP contribution in [-0.4, -0.2) is 32.3 Å². The molecule has 0 fully saturated rings. The molecule has 1 aromatic carbocycles. The molecule has 1 rings (SSSR count). The standard InChI is InChI=1S/C17H30N2OSi2/c1-8-16(20)14-17(15-12-10-9-11-13-15)18-19(21(2,3)4)22(5,6)7/h9-13H,8,14H2,1-7H3/b18-17+. The van der Waals surface area contributed by atoms with Gasteiger partial charge >= 0.3 is 0 Å². The van der Waals surface area contributed by atoms with Gasteiger partial charge in [-0.2, -0.15) is 5.10 Å². The van der Waals surface area contributed by atoms with Crippen molar-refractivity contribution in [1.82, 2.24) is 4.34 Å². The van der Waals surface area contributed by atoms with Crippen LogP contribution >= 0.6 is 0 Å². The molecule has 5 heteroatoms. The molecule has 0 atom stereocenters. The van der Waals surface area contributed by atoms with Gasteiger partial charge in [-0.3, -0.25) is 4.79 Å². The van der Waals surface area contributed by atoms with E-state index in [0.717, 1.165) is 11.3 Å². The lowest BCUT2D eigenvalue weighted by Gasteiger charge is -2.42. The summed E-state index contributed by atoms with van der Waals surface area (Å²) < 4.78 is 2.38. The first kappa shape index (κ1) is 18.8. The van der Waals surface area contributed by atoms with E-state index in [1.807, 2.05) is 37.3 Å². The van der Waals surface area contributed by atoms with Gasteiger partial charge in [-0.1, -0.05) is 76.5 Å². The Hall–Kier alpha value is -1.21. The molecular formula is C17H30N2OSi2. The number of benzene rings is 1. The Bertz CT molecular complexity index is 514. The Morgan fingerprint density at radius 2 is 1.50 bits per heavy atom. The van der Waals surface area contributed by atoms with Crippen molar-refractivity contribution in [3.05, 3.63) is 35.9 Å². The first-order valence-electron chi connectivity index (χ1n) is 8.00. The Morgan fingerprint density at radius 1 is 1.00 bits per heavy atom. The highest BCUT2D eigenvalue weighted by atomic mass is 28.4. The zero-order valence-electron chi connectivity index (χ0n) is 15.1. The molecule has 0 aliphatic rings. The number of carbonyl (C=O) groups excluding carboxylic acids is 1. The van der Waals surface area contributed by atoms with E-state index in [4.69, 9.17) is 5.10 Å². The number of hydrazone groups is 1. The normalized spacial score (nSPS) is 13.1. The van der Waals surface area contributed by atoms with Crippen LogP contribution in [0, 0.1) is 0 Å². The van der Waals surface area contributed by atoms with Crippen molar-refractivity contribution in [3.63, 3.8) is 0 Å². The topological polar surface area (TPSA) is 32.7 Å². The SMILES string of the molecule is CCC(=O)C/C(=N\N([Si](C)(C)C)[Si](C)(C)C)c1ccccc1. The Balaban J connectivity index is 3.32. The average molecular weight is 335 g/mol. The number of hydrogen-bond donors (Lipinski definition) is 0. The zero-order chi connectivity index (χ0) is 17.0. The van der Waals surface area contributed by atoms with Crippen LogP contribution in [-0.2, 0) is 4.79 Å². The molecule has 0 bridgehead atoms. The van der Waals surface area contributed by atoms with E-state index >= 15 is 0 Å². The number of carbonyl (C=O) groups is 1. The maximum Gasteiger partial charge on any atom is 0.158 e. The van der Waals surface area contributed by atoms with Crippen LogP contribution in [0.15, 0.2) is 35.4 Å². The van der Waals surface area contributed by atoms with E-state index in [0.29, 0.717) is 12.8 Å². The quantitative estimate of drug-likeness (QED) is 0.410. The Morgan fingerprint density at radius 3 is 1.91 bits per heavy atom. The van der Waals surface area contributed by atoms with Gasteiger partial charge in [0.05, 0.1) is 12.1 Å². The van der Waals surface area contributed by atoms with Crippen LogP contribution in [0.2, 0.25) is 39.3 Å². The minimum absolute atomic E-state index is 0.244. The third kappa shape index (κ3) is 5.53. The molecule has 22 heavy (non-hydrogen) atoms. The molecule has 3 nitrogen and oxygen atoms in total. The largest absolute Gasteiger partial charge is 0.350 e. The lowest BCUT2D eigenvalue weighted by Crippen LogP contribution is -2.56. The van der Waals surface area contributed by atoms with Crippen LogP contribution in [0.25, 0.3) is 0 Å². The number of nitrogens with zero attached hydrogens (tertiary/aromatic N) is 2. The highest BCUT2D eigenvalue weighted by molar-refractivity contribution is 6.89. The minimum Gasteiger partial charge on any atom is -0.350 e. The van der Waals surface area contributed by atoms with Gasteiger partial charge in [0.15, 0.2) is 16.5 Å². The second-order valence-corrected chi connectivity index (χ2v) is 17.6. The lowest BCUT2D eigenvalue weighted by atomic mass is 10.0. The van der Waals surface area contributed by atoms with Gasteiger partial charge < -0.3 is 4.34 Å². The molecule has 0 aliphatic heterocycles. The van der Waals surface area contributed by atoms with Crippen LogP contribution in [0.4, 0.5) is 0 Å². The van der Waals surface area contributed by atoms with Gasteiger partial charge in [0.1, 0.15) is 5.78 Å². The van der Waals surface area contributed by atoms with Crippen molar-refractivity contribution < 1.29 is 4.79 Å². The summed E-state index contributed by atoms with van der Waals surface area (Å²) >= 11 is 0. The molecular weight excluding hydrogens is 304 g/mol. The van der Waals surface area contributed by atoms with Crippen molar-refractivity contribution in [2.75, 3.05) is 0 Å². The van der Waals surface area contributed by atoms with Gasteiger partial charge in [-0.15, -0.1) is 0 Å². The fourth-order valence-corrected chi connectivity index (χ4v) is 11.5. The van der Waals surface area contributed by atoms with Crippen molar-refractivity contribution in [3.8, 4) is 0 Å². The van der Waals surface area contributed by atoms with Crippen molar-refractivity contribution >= 4 is 28.0 Å². The fourth-order valence-electron chi connectivity index (χ4n) is 2.56. The summed E-state index contributed by atoms with van der Waals surface area (Å²) in [6, 6.07) is 10.1. The third-order valence-electron chi connectivity index (χ3n) is 3.36. The second kappa shape index (κ2) is 7.37. The number of ketones is 1. The predicted octanol–water partition coefficient (Wildman–Crippen LogP) is 4.73. The molecule has 0 unspecified atom stereocenters. The molecule has 0 amide bonds. The van der Waals surface area contributed by atoms with E-state index in [2.05, 4.69) is 43.6 Å². The van der Waals surface area contributed by atoms with Crippen LogP contribution in [0.1, 0.15) is 25.3 Å². The van der Waals surface area contributed by atoms with Gasteiger partial charge in [0, 0.05) is 6.42 Å². The minimum atomic E-state index is -1.58. The summed E-state index contributed by atoms with van der Waals surface area (Å²) in [5.74, 6) is 0.244. The van der Waals surface area contributed by atoms with Gasteiger partial charge in [-0.05, 0) is 5.56 Å². The molecule has 0 N–H and O–H groups in total. The van der Waals surface area contributed by atoms with Gasteiger partial charge in [0.2, 0.25) is 0 Å². The van der Waals surface area contributed by atoms with E-state index in [-0.39, 0.29) is 5.78 Å². The maximum atomic E-state index is 12.0. The molecule has 0 saturated heterocycles. The summed E-state index contributed by atoms with van der Waals surface area (Å²) in [4.78, 5) is 12.0. The Labute approximate surface area is 137 Å². The van der Waals surface area contributed by atoms with Crippen molar-refractivity contribution in [1.29, 1.82) is 0 Å². The second-order valence-electron chi connectivity index (χ2n) is 7.64. The zero-order valence-corrected chi connectivity index (χ0v) is 17.1. The predicted molar refractivity (Wildman–Crippen MR) is 101 cm³/mol. The third-order valence-corrected chi connectivity index (χ3v) is 10.1.